The molecule has 0 aromatic heterocycles. The van der Waals surface area contributed by atoms with Gasteiger partial charge in [-0.05, 0) is 33.2 Å². The van der Waals surface area contributed by atoms with E-state index in [9.17, 15) is 8.78 Å². The van der Waals surface area contributed by atoms with Crippen LogP contribution in [0.5, 0.6) is 0 Å². The minimum Gasteiger partial charge on any atom is -0.357 e. The highest BCUT2D eigenvalue weighted by Crippen LogP contribution is 2.24. The summed E-state index contributed by atoms with van der Waals surface area (Å²) in [7, 11) is 3.52. The van der Waals surface area contributed by atoms with Gasteiger partial charge in [-0.3, -0.25) is 4.99 Å². The molecule has 0 fully saturated rings. The third-order valence-corrected chi connectivity index (χ3v) is 3.08. The quantitative estimate of drug-likeness (QED) is 0.478. The van der Waals surface area contributed by atoms with E-state index in [4.69, 9.17) is 6.42 Å². The molecular weight excluding hydrogens is 286 g/mol. The van der Waals surface area contributed by atoms with Crippen molar-refractivity contribution in [1.29, 1.82) is 0 Å². The highest BCUT2D eigenvalue weighted by Gasteiger charge is 2.22. The van der Waals surface area contributed by atoms with E-state index in [-0.39, 0.29) is 12.1 Å². The highest BCUT2D eigenvalue weighted by atomic mass is 19.1. The number of benzene rings is 1. The van der Waals surface area contributed by atoms with Crippen LogP contribution in [0.3, 0.4) is 0 Å². The van der Waals surface area contributed by atoms with Crippen molar-refractivity contribution in [2.45, 2.75) is 13.0 Å². The van der Waals surface area contributed by atoms with E-state index in [1.165, 1.54) is 18.2 Å². The molecule has 2 N–H and O–H groups in total. The zero-order chi connectivity index (χ0) is 16.5. The van der Waals surface area contributed by atoms with Gasteiger partial charge >= 0.3 is 0 Å². The minimum atomic E-state index is -0.574. The molecule has 1 rings (SSSR count). The van der Waals surface area contributed by atoms with Crippen molar-refractivity contribution >= 4 is 5.96 Å². The second-order valence-corrected chi connectivity index (χ2v) is 4.89. The van der Waals surface area contributed by atoms with E-state index in [0.717, 1.165) is 0 Å². The van der Waals surface area contributed by atoms with Gasteiger partial charge in [-0.15, -0.1) is 6.42 Å². The lowest BCUT2D eigenvalue weighted by molar-refractivity contribution is 0.290. The summed E-state index contributed by atoms with van der Waals surface area (Å²) in [5, 5.41) is 5.97. The Morgan fingerprint density at radius 2 is 1.95 bits per heavy atom. The first-order valence-corrected chi connectivity index (χ1v) is 7.07. The summed E-state index contributed by atoms with van der Waals surface area (Å²) < 4.78 is 27.9. The van der Waals surface area contributed by atoms with Crippen molar-refractivity contribution in [3.8, 4) is 12.3 Å². The maximum absolute atomic E-state index is 14.0. The monoisotopic (exact) mass is 308 g/mol. The summed E-state index contributed by atoms with van der Waals surface area (Å²) in [4.78, 5) is 6.09. The number of nitrogens with one attached hydrogen (secondary N) is 2. The standard InChI is InChI=1S/C16H22F2N4/c1-5-10-20-16(19-6-2)21-11-14(22(3)4)15-12(17)8-7-9-13(15)18/h1,7-9,14H,6,10-11H2,2-4H3,(H2,19,20,21). The number of halogens is 2. The molecule has 22 heavy (non-hydrogen) atoms. The number of likely N-dealkylation sites (N-methyl/N-ethyl adjacent to an activating group) is 1. The number of nitrogens with zero attached hydrogens (tertiary/aromatic N) is 2. The van der Waals surface area contributed by atoms with Crippen LogP contribution in [-0.2, 0) is 0 Å². The molecule has 0 aliphatic heterocycles. The van der Waals surface area contributed by atoms with Gasteiger partial charge in [0.2, 0.25) is 0 Å². The molecular formula is C16H22F2N4. The zero-order valence-corrected chi connectivity index (χ0v) is 13.2. The Labute approximate surface area is 130 Å². The third kappa shape index (κ3) is 5.01. The first-order valence-electron chi connectivity index (χ1n) is 7.07. The first-order chi connectivity index (χ1) is 10.5. The van der Waals surface area contributed by atoms with Gasteiger partial charge < -0.3 is 15.5 Å². The molecule has 120 valence electrons. The molecule has 1 aromatic rings. The van der Waals surface area contributed by atoms with Crippen LogP contribution >= 0.6 is 0 Å². The average molecular weight is 308 g/mol. The van der Waals surface area contributed by atoms with Gasteiger partial charge in [0.1, 0.15) is 11.6 Å². The third-order valence-electron chi connectivity index (χ3n) is 3.08. The predicted molar refractivity (Wildman–Crippen MR) is 85.6 cm³/mol. The molecule has 0 aliphatic rings. The van der Waals surface area contributed by atoms with Crippen LogP contribution in [0.2, 0.25) is 0 Å². The van der Waals surface area contributed by atoms with Crippen LogP contribution < -0.4 is 10.6 Å². The number of terminal acetylenes is 1. The van der Waals surface area contributed by atoms with Crippen molar-refractivity contribution < 1.29 is 8.78 Å². The van der Waals surface area contributed by atoms with E-state index >= 15 is 0 Å². The Bertz CT molecular complexity index is 529. The SMILES string of the molecule is C#CCNC(=NCC(c1c(F)cccc1F)N(C)C)NCC. The average Bonchev–Trinajstić information content (AvgIpc) is 2.47. The van der Waals surface area contributed by atoms with E-state index < -0.39 is 17.7 Å². The summed E-state index contributed by atoms with van der Waals surface area (Å²) in [6.45, 7) is 3.11. The number of rotatable bonds is 6. The van der Waals surface area contributed by atoms with Gasteiger partial charge in [-0.2, -0.15) is 0 Å². The normalized spacial score (nSPS) is 12.9. The van der Waals surface area contributed by atoms with Gasteiger partial charge in [0.15, 0.2) is 5.96 Å². The summed E-state index contributed by atoms with van der Waals surface area (Å²) in [6.07, 6.45) is 5.21. The molecule has 0 saturated heterocycles. The van der Waals surface area contributed by atoms with Crippen LogP contribution in [-0.4, -0.2) is 44.6 Å². The maximum Gasteiger partial charge on any atom is 0.192 e. The fourth-order valence-electron chi connectivity index (χ4n) is 2.00. The molecule has 0 heterocycles. The molecule has 0 saturated carbocycles. The van der Waals surface area contributed by atoms with Gasteiger partial charge in [0.05, 0.1) is 19.1 Å². The lowest BCUT2D eigenvalue weighted by Gasteiger charge is -2.24. The Balaban J connectivity index is 2.99. The topological polar surface area (TPSA) is 39.7 Å². The van der Waals surface area contributed by atoms with Gasteiger partial charge in [0.25, 0.3) is 0 Å². The summed E-state index contributed by atoms with van der Waals surface area (Å²) in [5.74, 6) is 1.82. The molecule has 0 spiro atoms. The van der Waals surface area contributed by atoms with Crippen LogP contribution in [0.25, 0.3) is 0 Å². The molecule has 0 amide bonds. The Kier molecular flexibility index (Phi) is 7.33. The maximum atomic E-state index is 14.0. The van der Waals surface area contributed by atoms with E-state index in [1.54, 1.807) is 19.0 Å². The Morgan fingerprint density at radius 3 is 2.45 bits per heavy atom. The number of guanidine groups is 1. The number of hydrogen-bond acceptors (Lipinski definition) is 2. The second-order valence-electron chi connectivity index (χ2n) is 4.89. The zero-order valence-electron chi connectivity index (χ0n) is 13.2. The number of aliphatic imine (C=N–C) groups is 1. The lowest BCUT2D eigenvalue weighted by atomic mass is 10.0. The summed E-state index contributed by atoms with van der Waals surface area (Å²) in [5.41, 5.74) is 0.0176. The van der Waals surface area contributed by atoms with Crippen LogP contribution in [0.4, 0.5) is 8.78 Å². The van der Waals surface area contributed by atoms with Crippen molar-refractivity contribution in [2.24, 2.45) is 4.99 Å². The molecule has 0 bridgehead atoms. The van der Waals surface area contributed by atoms with Crippen molar-refractivity contribution in [2.75, 3.05) is 33.7 Å². The molecule has 1 atom stereocenters. The fraction of sp³-hybridized carbons (Fsp3) is 0.438. The summed E-state index contributed by atoms with van der Waals surface area (Å²) >= 11 is 0. The Morgan fingerprint density at radius 1 is 1.32 bits per heavy atom. The smallest absolute Gasteiger partial charge is 0.192 e. The molecule has 4 nitrogen and oxygen atoms in total. The molecule has 0 aliphatic carbocycles. The molecule has 1 unspecified atom stereocenters. The van der Waals surface area contributed by atoms with Crippen molar-refractivity contribution in [1.82, 2.24) is 15.5 Å². The lowest BCUT2D eigenvalue weighted by Crippen LogP contribution is -2.38. The predicted octanol–water partition coefficient (Wildman–Crippen LogP) is 1.76. The van der Waals surface area contributed by atoms with E-state index in [0.29, 0.717) is 19.0 Å². The minimum absolute atomic E-state index is 0.0176. The molecule has 1 aromatic carbocycles. The van der Waals surface area contributed by atoms with Crippen LogP contribution in [0.1, 0.15) is 18.5 Å². The van der Waals surface area contributed by atoms with Gasteiger partial charge in [0, 0.05) is 12.1 Å². The number of hydrogen-bond donors (Lipinski definition) is 2. The van der Waals surface area contributed by atoms with Gasteiger partial charge in [-0.25, -0.2) is 8.78 Å². The van der Waals surface area contributed by atoms with Crippen LogP contribution in [0.15, 0.2) is 23.2 Å². The fourth-order valence-corrected chi connectivity index (χ4v) is 2.00. The van der Waals surface area contributed by atoms with Crippen molar-refractivity contribution in [3.63, 3.8) is 0 Å². The van der Waals surface area contributed by atoms with E-state index in [1.807, 2.05) is 6.92 Å². The molecule has 0 radical (unpaired) electrons. The second kappa shape index (κ2) is 9.00. The molecule has 6 heteroatoms. The largest absolute Gasteiger partial charge is 0.357 e. The first kappa shape index (κ1) is 17.9. The van der Waals surface area contributed by atoms with E-state index in [2.05, 4.69) is 21.5 Å². The summed E-state index contributed by atoms with van der Waals surface area (Å²) in [6, 6.07) is 3.34. The highest BCUT2D eigenvalue weighted by molar-refractivity contribution is 5.80. The Hall–Kier alpha value is -2.13. The van der Waals surface area contributed by atoms with Crippen molar-refractivity contribution in [3.05, 3.63) is 35.4 Å². The van der Waals surface area contributed by atoms with Gasteiger partial charge in [-0.1, -0.05) is 12.0 Å². The van der Waals surface area contributed by atoms with Crippen LogP contribution in [0, 0.1) is 24.0 Å².